The predicted molar refractivity (Wildman–Crippen MR) is 94.9 cm³/mol. The summed E-state index contributed by atoms with van der Waals surface area (Å²) in [5.41, 5.74) is 1.06. The fourth-order valence-electron chi connectivity index (χ4n) is 2.30. The maximum atomic E-state index is 5.32. The van der Waals surface area contributed by atoms with Gasteiger partial charge in [-0.25, -0.2) is 4.98 Å². The summed E-state index contributed by atoms with van der Waals surface area (Å²) in [6.07, 6.45) is 3.34. The number of ether oxygens (including phenoxy) is 2. The van der Waals surface area contributed by atoms with Gasteiger partial charge in [-0.1, -0.05) is 6.07 Å². The Balaban J connectivity index is 1.60. The zero-order chi connectivity index (χ0) is 17.5. The Morgan fingerprint density at radius 1 is 1.00 bits per heavy atom. The number of furan rings is 1. The van der Waals surface area contributed by atoms with E-state index in [2.05, 4.69) is 20.6 Å². The topological polar surface area (TPSA) is 81.4 Å². The molecule has 0 spiro atoms. The molecular weight excluding hydrogens is 320 g/mol. The van der Waals surface area contributed by atoms with Gasteiger partial charge in [-0.05, 0) is 35.9 Å². The van der Waals surface area contributed by atoms with Gasteiger partial charge in [0.05, 0.1) is 27.0 Å². The van der Waals surface area contributed by atoms with Crippen LogP contribution in [0.5, 0.6) is 11.5 Å². The number of methoxy groups -OCH3 is 2. The molecular formula is C18H20N4O3. The first-order valence-corrected chi connectivity index (χ1v) is 7.82. The highest BCUT2D eigenvalue weighted by Crippen LogP contribution is 2.27. The van der Waals surface area contributed by atoms with E-state index in [4.69, 9.17) is 13.9 Å². The van der Waals surface area contributed by atoms with Gasteiger partial charge in [-0.15, -0.1) is 0 Å². The minimum atomic E-state index is 0.534. The Morgan fingerprint density at radius 3 is 2.64 bits per heavy atom. The summed E-state index contributed by atoms with van der Waals surface area (Å²) in [6.45, 7) is 1.14. The van der Waals surface area contributed by atoms with Crippen molar-refractivity contribution < 1.29 is 13.9 Å². The summed E-state index contributed by atoms with van der Waals surface area (Å²) >= 11 is 0. The van der Waals surface area contributed by atoms with E-state index in [1.54, 1.807) is 26.7 Å². The van der Waals surface area contributed by atoms with Crippen molar-refractivity contribution in [1.29, 1.82) is 0 Å². The van der Waals surface area contributed by atoms with Crippen LogP contribution in [0, 0.1) is 0 Å². The Kier molecular flexibility index (Phi) is 5.36. The van der Waals surface area contributed by atoms with Crippen LogP contribution in [0.4, 0.5) is 11.8 Å². The second-order valence-corrected chi connectivity index (χ2v) is 5.24. The van der Waals surface area contributed by atoms with Crippen LogP contribution in [0.15, 0.2) is 53.3 Å². The van der Waals surface area contributed by atoms with Crippen molar-refractivity contribution in [2.24, 2.45) is 0 Å². The average molecular weight is 340 g/mol. The molecule has 7 heteroatoms. The van der Waals surface area contributed by atoms with E-state index in [0.29, 0.717) is 30.5 Å². The van der Waals surface area contributed by atoms with Crippen LogP contribution in [0.3, 0.4) is 0 Å². The number of hydrogen-bond acceptors (Lipinski definition) is 7. The first-order valence-electron chi connectivity index (χ1n) is 7.82. The molecule has 130 valence electrons. The van der Waals surface area contributed by atoms with Gasteiger partial charge >= 0.3 is 0 Å². The van der Waals surface area contributed by atoms with Gasteiger partial charge in [0.2, 0.25) is 5.95 Å². The van der Waals surface area contributed by atoms with Crippen molar-refractivity contribution in [2.75, 3.05) is 24.9 Å². The van der Waals surface area contributed by atoms with Crippen LogP contribution in [-0.4, -0.2) is 24.2 Å². The van der Waals surface area contributed by atoms with Crippen LogP contribution < -0.4 is 20.1 Å². The number of hydrogen-bond donors (Lipinski definition) is 2. The van der Waals surface area contributed by atoms with Crippen molar-refractivity contribution in [3.8, 4) is 11.5 Å². The summed E-state index contributed by atoms with van der Waals surface area (Å²) in [7, 11) is 3.24. The monoisotopic (exact) mass is 340 g/mol. The molecule has 0 amide bonds. The lowest BCUT2D eigenvalue weighted by atomic mass is 10.2. The molecule has 2 heterocycles. The molecule has 0 fully saturated rings. The van der Waals surface area contributed by atoms with E-state index in [9.17, 15) is 0 Å². The smallest absolute Gasteiger partial charge is 0.224 e. The Bertz CT molecular complexity index is 806. The summed E-state index contributed by atoms with van der Waals surface area (Å²) in [5.74, 6) is 3.50. The van der Waals surface area contributed by atoms with Crippen molar-refractivity contribution in [3.63, 3.8) is 0 Å². The molecule has 7 nitrogen and oxygen atoms in total. The highest BCUT2D eigenvalue weighted by Gasteiger charge is 2.05. The Hall–Kier alpha value is -3.22. The van der Waals surface area contributed by atoms with Crippen LogP contribution in [0.2, 0.25) is 0 Å². The van der Waals surface area contributed by atoms with Gasteiger partial charge in [0.15, 0.2) is 11.5 Å². The fraction of sp³-hybridized carbons (Fsp3) is 0.222. The van der Waals surface area contributed by atoms with Crippen molar-refractivity contribution in [2.45, 2.75) is 13.1 Å². The van der Waals surface area contributed by atoms with E-state index >= 15 is 0 Å². The second-order valence-electron chi connectivity index (χ2n) is 5.24. The van der Waals surface area contributed by atoms with Gasteiger partial charge in [-0.2, -0.15) is 4.98 Å². The number of anilines is 2. The minimum absolute atomic E-state index is 0.534. The van der Waals surface area contributed by atoms with E-state index < -0.39 is 0 Å². The maximum absolute atomic E-state index is 5.32. The highest BCUT2D eigenvalue weighted by atomic mass is 16.5. The zero-order valence-electron chi connectivity index (χ0n) is 14.2. The molecule has 0 unspecified atom stereocenters. The van der Waals surface area contributed by atoms with Gasteiger partial charge in [0, 0.05) is 12.7 Å². The molecule has 0 aliphatic heterocycles. The van der Waals surface area contributed by atoms with Gasteiger partial charge < -0.3 is 24.5 Å². The minimum Gasteiger partial charge on any atom is -0.493 e. The largest absolute Gasteiger partial charge is 0.493 e. The summed E-state index contributed by atoms with van der Waals surface area (Å²) < 4.78 is 15.8. The van der Waals surface area contributed by atoms with Crippen molar-refractivity contribution in [1.82, 2.24) is 9.97 Å². The molecule has 0 saturated heterocycles. The molecule has 0 bridgehead atoms. The average Bonchev–Trinajstić information content (AvgIpc) is 3.18. The number of rotatable bonds is 8. The molecule has 2 aromatic heterocycles. The Morgan fingerprint density at radius 2 is 1.88 bits per heavy atom. The Labute approximate surface area is 146 Å². The predicted octanol–water partition coefficient (Wildman–Crippen LogP) is 3.31. The first kappa shape index (κ1) is 16.6. The number of nitrogens with zero attached hydrogens (tertiary/aromatic N) is 2. The summed E-state index contributed by atoms with van der Waals surface area (Å²) in [4.78, 5) is 8.64. The zero-order valence-corrected chi connectivity index (χ0v) is 14.2. The van der Waals surface area contributed by atoms with Crippen molar-refractivity contribution in [3.05, 3.63) is 60.2 Å². The maximum Gasteiger partial charge on any atom is 0.224 e. The molecule has 0 saturated carbocycles. The third kappa shape index (κ3) is 4.41. The molecule has 1 aromatic carbocycles. The normalized spacial score (nSPS) is 10.3. The van der Waals surface area contributed by atoms with Crippen LogP contribution in [0.1, 0.15) is 11.3 Å². The van der Waals surface area contributed by atoms with Crippen LogP contribution >= 0.6 is 0 Å². The lowest BCUT2D eigenvalue weighted by Gasteiger charge is -2.11. The number of nitrogens with one attached hydrogen (secondary N) is 2. The third-order valence-electron chi connectivity index (χ3n) is 3.58. The van der Waals surface area contributed by atoms with E-state index in [-0.39, 0.29) is 0 Å². The highest BCUT2D eigenvalue weighted by molar-refractivity contribution is 5.45. The lowest BCUT2D eigenvalue weighted by Crippen LogP contribution is -2.06. The van der Waals surface area contributed by atoms with Crippen molar-refractivity contribution >= 4 is 11.8 Å². The van der Waals surface area contributed by atoms with Crippen LogP contribution in [-0.2, 0) is 13.1 Å². The number of benzene rings is 1. The standard InChI is InChI=1S/C18H20N4O3/c1-23-15-6-5-13(10-16(15)24-2)11-20-17-7-8-19-18(22-17)21-12-14-4-3-9-25-14/h3-10H,11-12H2,1-2H3,(H2,19,20,21,22). The SMILES string of the molecule is COc1ccc(CNc2ccnc(NCc3ccco3)n2)cc1OC. The lowest BCUT2D eigenvalue weighted by molar-refractivity contribution is 0.354. The van der Waals surface area contributed by atoms with E-state index in [1.165, 1.54) is 0 Å². The molecule has 0 atom stereocenters. The molecule has 25 heavy (non-hydrogen) atoms. The summed E-state index contributed by atoms with van der Waals surface area (Å²) in [5, 5.41) is 6.40. The first-order chi connectivity index (χ1) is 12.3. The van der Waals surface area contributed by atoms with Gasteiger partial charge in [0.25, 0.3) is 0 Å². The molecule has 0 aliphatic rings. The molecule has 3 rings (SSSR count). The van der Waals surface area contributed by atoms with E-state index in [0.717, 1.165) is 17.1 Å². The molecule has 3 aromatic rings. The molecule has 0 aliphatic carbocycles. The van der Waals surface area contributed by atoms with Crippen LogP contribution in [0.25, 0.3) is 0 Å². The second kappa shape index (κ2) is 8.05. The van der Waals surface area contributed by atoms with Gasteiger partial charge in [-0.3, -0.25) is 0 Å². The third-order valence-corrected chi connectivity index (χ3v) is 3.58. The van der Waals surface area contributed by atoms with E-state index in [1.807, 2.05) is 36.4 Å². The fourth-order valence-corrected chi connectivity index (χ4v) is 2.30. The molecule has 2 N–H and O–H groups in total. The summed E-state index contributed by atoms with van der Waals surface area (Å²) in [6, 6.07) is 11.4. The van der Waals surface area contributed by atoms with Gasteiger partial charge in [0.1, 0.15) is 11.6 Å². The molecule has 0 radical (unpaired) electrons. The number of aromatic nitrogens is 2. The quantitative estimate of drug-likeness (QED) is 0.651.